The van der Waals surface area contributed by atoms with Crippen molar-refractivity contribution in [3.8, 4) is 0 Å². The molecule has 31 heavy (non-hydrogen) atoms. The Morgan fingerprint density at radius 2 is 2.06 bits per heavy atom. The van der Waals surface area contributed by atoms with Crippen LogP contribution in [-0.4, -0.2) is 36.1 Å². The first-order valence-electron chi connectivity index (χ1n) is 10.4. The molecular formula is C23H26N4O3S. The number of nitrogens with one attached hydrogen (secondary N) is 1. The lowest BCUT2D eigenvalue weighted by Gasteiger charge is -2.17. The molecule has 162 valence electrons. The van der Waals surface area contributed by atoms with Crippen molar-refractivity contribution in [3.05, 3.63) is 71.3 Å². The van der Waals surface area contributed by atoms with E-state index in [1.807, 2.05) is 36.4 Å². The van der Waals surface area contributed by atoms with Crippen molar-refractivity contribution in [2.24, 2.45) is 0 Å². The third-order valence-electron chi connectivity index (χ3n) is 5.03. The maximum atomic E-state index is 12.5. The van der Waals surface area contributed by atoms with Gasteiger partial charge in [-0.25, -0.2) is 9.97 Å². The van der Waals surface area contributed by atoms with Crippen molar-refractivity contribution in [3.63, 3.8) is 0 Å². The van der Waals surface area contributed by atoms with Crippen molar-refractivity contribution in [1.29, 1.82) is 0 Å². The third-order valence-corrected chi connectivity index (χ3v) is 5.95. The van der Waals surface area contributed by atoms with Crippen LogP contribution in [0.25, 0.3) is 0 Å². The quantitative estimate of drug-likeness (QED) is 0.399. The minimum absolute atomic E-state index is 0.127. The van der Waals surface area contributed by atoms with Gasteiger partial charge in [-0.1, -0.05) is 23.9 Å². The molecule has 3 aromatic rings. The number of rotatable bonds is 9. The predicted molar refractivity (Wildman–Crippen MR) is 120 cm³/mol. The van der Waals surface area contributed by atoms with E-state index in [4.69, 9.17) is 14.1 Å². The fourth-order valence-electron chi connectivity index (χ4n) is 3.49. The molecule has 1 aliphatic rings. The minimum Gasteiger partial charge on any atom is -0.467 e. The van der Waals surface area contributed by atoms with Gasteiger partial charge in [0.1, 0.15) is 11.6 Å². The number of hydrogen-bond acceptors (Lipinski definition) is 7. The van der Waals surface area contributed by atoms with E-state index in [2.05, 4.69) is 15.2 Å². The molecule has 1 amide bonds. The summed E-state index contributed by atoms with van der Waals surface area (Å²) in [7, 11) is 1.67. The number of ether oxygens (including phenoxy) is 1. The van der Waals surface area contributed by atoms with Crippen molar-refractivity contribution < 1.29 is 13.9 Å². The smallest absolute Gasteiger partial charge is 0.251 e. The molecule has 1 fully saturated rings. The lowest BCUT2D eigenvalue weighted by Crippen LogP contribution is -2.22. The zero-order valence-corrected chi connectivity index (χ0v) is 18.4. The molecule has 1 saturated heterocycles. The normalized spacial score (nSPS) is 13.5. The van der Waals surface area contributed by atoms with Crippen molar-refractivity contribution >= 4 is 23.5 Å². The first-order chi connectivity index (χ1) is 15.2. The summed E-state index contributed by atoms with van der Waals surface area (Å²) in [6.07, 6.45) is 3.99. The van der Waals surface area contributed by atoms with E-state index in [0.29, 0.717) is 24.5 Å². The highest BCUT2D eigenvalue weighted by molar-refractivity contribution is 7.98. The molecule has 0 bridgehead atoms. The van der Waals surface area contributed by atoms with E-state index >= 15 is 0 Å². The van der Waals surface area contributed by atoms with E-state index in [-0.39, 0.29) is 5.91 Å². The van der Waals surface area contributed by atoms with Crippen LogP contribution in [0.3, 0.4) is 0 Å². The van der Waals surface area contributed by atoms with Crippen molar-refractivity contribution in [2.75, 3.05) is 25.1 Å². The van der Waals surface area contributed by atoms with Gasteiger partial charge in [-0.3, -0.25) is 4.79 Å². The number of carbonyl (C=O) groups excluding carboxylic acids is 1. The summed E-state index contributed by atoms with van der Waals surface area (Å²) < 4.78 is 10.5. The van der Waals surface area contributed by atoms with Crippen LogP contribution in [-0.2, 0) is 23.6 Å². The van der Waals surface area contributed by atoms with Gasteiger partial charge in [-0.05, 0) is 42.7 Å². The van der Waals surface area contributed by atoms with E-state index in [9.17, 15) is 4.79 Å². The Morgan fingerprint density at radius 3 is 2.84 bits per heavy atom. The summed E-state index contributed by atoms with van der Waals surface area (Å²) >= 11 is 1.57. The van der Waals surface area contributed by atoms with Gasteiger partial charge in [0.15, 0.2) is 5.16 Å². The number of aromatic nitrogens is 2. The Bertz CT molecular complexity index is 1000. The van der Waals surface area contributed by atoms with Crippen LogP contribution in [0, 0.1) is 0 Å². The molecule has 1 aromatic carbocycles. The summed E-state index contributed by atoms with van der Waals surface area (Å²) in [6, 6.07) is 13.3. The van der Waals surface area contributed by atoms with Crippen LogP contribution >= 0.6 is 11.8 Å². The maximum absolute atomic E-state index is 12.5. The van der Waals surface area contributed by atoms with E-state index in [0.717, 1.165) is 41.1 Å². The standard InChI is InChI=1S/C23H26N4O3S/c1-29-15-19-13-21(27-9-2-3-10-27)26-23(25-19)31-16-17-6-4-7-18(12-17)22(28)24-14-20-8-5-11-30-20/h4-8,11-13H,2-3,9-10,14-16H2,1H3,(H,24,28). The fraction of sp³-hybridized carbons (Fsp3) is 0.348. The van der Waals surface area contributed by atoms with Crippen LogP contribution < -0.4 is 10.2 Å². The lowest BCUT2D eigenvalue weighted by atomic mass is 10.1. The number of methoxy groups -OCH3 is 1. The molecule has 7 nitrogen and oxygen atoms in total. The zero-order chi connectivity index (χ0) is 21.5. The van der Waals surface area contributed by atoms with Crippen molar-refractivity contribution in [1.82, 2.24) is 15.3 Å². The van der Waals surface area contributed by atoms with Crippen LogP contribution in [0.5, 0.6) is 0 Å². The topological polar surface area (TPSA) is 80.5 Å². The second-order valence-electron chi connectivity index (χ2n) is 7.38. The Morgan fingerprint density at radius 1 is 1.19 bits per heavy atom. The van der Waals surface area contributed by atoms with Gasteiger partial charge in [-0.2, -0.15) is 0 Å². The Balaban J connectivity index is 1.41. The average molecular weight is 439 g/mol. The third kappa shape index (κ3) is 5.86. The second-order valence-corrected chi connectivity index (χ2v) is 8.32. The Hall–Kier alpha value is -2.84. The molecule has 4 rings (SSSR count). The van der Waals surface area contributed by atoms with E-state index in [1.54, 1.807) is 31.2 Å². The van der Waals surface area contributed by atoms with Crippen LogP contribution in [0.15, 0.2) is 58.3 Å². The molecule has 0 aliphatic carbocycles. The minimum atomic E-state index is -0.127. The van der Waals surface area contributed by atoms with Gasteiger partial charge in [0.25, 0.3) is 5.91 Å². The number of thioether (sulfide) groups is 1. The summed E-state index contributed by atoms with van der Waals surface area (Å²) in [5.74, 6) is 2.24. The number of hydrogen-bond donors (Lipinski definition) is 1. The molecule has 0 unspecified atom stereocenters. The highest BCUT2D eigenvalue weighted by Crippen LogP contribution is 2.25. The van der Waals surface area contributed by atoms with Crippen LogP contribution in [0.1, 0.15) is 40.2 Å². The summed E-state index contributed by atoms with van der Waals surface area (Å²) in [5.41, 5.74) is 2.54. The summed E-state index contributed by atoms with van der Waals surface area (Å²) in [4.78, 5) is 24.2. The van der Waals surface area contributed by atoms with Gasteiger partial charge in [0.05, 0.1) is 25.1 Å². The second kappa shape index (κ2) is 10.5. The van der Waals surface area contributed by atoms with Gasteiger partial charge < -0.3 is 19.4 Å². The van der Waals surface area contributed by atoms with E-state index < -0.39 is 0 Å². The van der Waals surface area contributed by atoms with Gasteiger partial charge in [0.2, 0.25) is 0 Å². The number of nitrogens with zero attached hydrogens (tertiary/aromatic N) is 3. The molecule has 0 spiro atoms. The maximum Gasteiger partial charge on any atom is 0.251 e. The monoisotopic (exact) mass is 438 g/mol. The summed E-state index contributed by atoms with van der Waals surface area (Å²) in [5, 5.41) is 3.61. The van der Waals surface area contributed by atoms with Crippen LogP contribution in [0.4, 0.5) is 5.82 Å². The first kappa shape index (κ1) is 21.4. The molecular weight excluding hydrogens is 412 g/mol. The molecule has 8 heteroatoms. The van der Waals surface area contributed by atoms with Gasteiger partial charge in [-0.15, -0.1) is 0 Å². The Kier molecular flexibility index (Phi) is 7.22. The first-order valence-corrected chi connectivity index (χ1v) is 11.3. The molecule has 0 radical (unpaired) electrons. The molecule has 1 N–H and O–H groups in total. The number of amides is 1. The largest absolute Gasteiger partial charge is 0.467 e. The van der Waals surface area contributed by atoms with Crippen LogP contribution in [0.2, 0.25) is 0 Å². The zero-order valence-electron chi connectivity index (χ0n) is 17.5. The number of carbonyl (C=O) groups is 1. The predicted octanol–water partition coefficient (Wildman–Crippen LogP) is 4.04. The lowest BCUT2D eigenvalue weighted by molar-refractivity contribution is 0.0948. The van der Waals surface area contributed by atoms with Gasteiger partial charge >= 0.3 is 0 Å². The van der Waals surface area contributed by atoms with E-state index in [1.165, 1.54) is 12.8 Å². The Labute approximate surface area is 186 Å². The highest BCUT2D eigenvalue weighted by atomic mass is 32.2. The number of benzene rings is 1. The highest BCUT2D eigenvalue weighted by Gasteiger charge is 2.16. The molecule has 0 atom stereocenters. The number of furan rings is 1. The molecule has 3 heterocycles. The molecule has 2 aromatic heterocycles. The fourth-order valence-corrected chi connectivity index (χ4v) is 4.30. The molecule has 1 aliphatic heterocycles. The summed E-state index contributed by atoms with van der Waals surface area (Å²) in [6.45, 7) is 2.89. The average Bonchev–Trinajstić information content (AvgIpc) is 3.51. The van der Waals surface area contributed by atoms with Gasteiger partial charge in [0, 0.05) is 37.6 Å². The van der Waals surface area contributed by atoms with Crippen molar-refractivity contribution in [2.45, 2.75) is 36.9 Å². The number of anilines is 1. The SMILES string of the molecule is COCc1cc(N2CCCC2)nc(SCc2cccc(C(=O)NCc3ccco3)c2)n1. The molecule has 0 saturated carbocycles.